The molecule has 17 heavy (non-hydrogen) atoms. The van der Waals surface area contributed by atoms with Gasteiger partial charge in [-0.2, -0.15) is 0 Å². The second-order valence-electron chi connectivity index (χ2n) is 5.44. The molecule has 4 heteroatoms. The molecule has 2 atom stereocenters. The molecular weight excluding hydrogens is 216 g/mol. The number of amides is 1. The van der Waals surface area contributed by atoms with Gasteiger partial charge in [0.25, 0.3) is 0 Å². The van der Waals surface area contributed by atoms with Crippen LogP contribution in [0.3, 0.4) is 0 Å². The van der Waals surface area contributed by atoms with Crippen molar-refractivity contribution in [2.75, 3.05) is 6.61 Å². The molecular formula is C13H26N2O2. The molecule has 0 saturated heterocycles. The van der Waals surface area contributed by atoms with Crippen LogP contribution >= 0.6 is 0 Å². The number of ether oxygens (including phenoxy) is 1. The van der Waals surface area contributed by atoms with Crippen molar-refractivity contribution in [3.63, 3.8) is 0 Å². The van der Waals surface area contributed by atoms with Gasteiger partial charge in [-0.05, 0) is 46.0 Å². The molecule has 1 rings (SSSR count). The Bertz CT molecular complexity index is 264. The Hall–Kier alpha value is -0.610. The Labute approximate surface area is 104 Å². The van der Waals surface area contributed by atoms with E-state index in [4.69, 9.17) is 10.5 Å². The lowest BCUT2D eigenvalue weighted by molar-refractivity contribution is -0.130. The molecule has 0 aromatic carbocycles. The number of nitrogens with two attached hydrogens (primary N) is 1. The number of rotatable bonds is 8. The van der Waals surface area contributed by atoms with Gasteiger partial charge in [-0.3, -0.25) is 10.1 Å². The SMILES string of the molecule is CCC(C)OCC(NC(C)C)(C(N)=O)C1CC1. The molecule has 1 aliphatic carbocycles. The molecule has 2 unspecified atom stereocenters. The summed E-state index contributed by atoms with van der Waals surface area (Å²) in [6, 6.07) is 0.226. The van der Waals surface area contributed by atoms with E-state index in [9.17, 15) is 4.79 Å². The lowest BCUT2D eigenvalue weighted by atomic mass is 9.92. The first-order chi connectivity index (χ1) is 7.92. The summed E-state index contributed by atoms with van der Waals surface area (Å²) in [6.45, 7) is 8.55. The van der Waals surface area contributed by atoms with E-state index in [0.29, 0.717) is 12.5 Å². The maximum Gasteiger partial charge on any atom is 0.240 e. The molecule has 4 nitrogen and oxygen atoms in total. The van der Waals surface area contributed by atoms with Crippen LogP contribution in [0.15, 0.2) is 0 Å². The van der Waals surface area contributed by atoms with Gasteiger partial charge in [-0.1, -0.05) is 6.92 Å². The summed E-state index contributed by atoms with van der Waals surface area (Å²) < 4.78 is 5.76. The fourth-order valence-electron chi connectivity index (χ4n) is 2.10. The van der Waals surface area contributed by atoms with Crippen LogP contribution in [-0.4, -0.2) is 30.2 Å². The van der Waals surface area contributed by atoms with E-state index in [1.807, 2.05) is 20.8 Å². The second-order valence-corrected chi connectivity index (χ2v) is 5.44. The monoisotopic (exact) mass is 242 g/mol. The predicted octanol–water partition coefficient (Wildman–Crippen LogP) is 1.43. The minimum absolute atomic E-state index is 0.168. The van der Waals surface area contributed by atoms with Gasteiger partial charge in [0.15, 0.2) is 0 Å². The first-order valence-electron chi connectivity index (χ1n) is 6.61. The zero-order chi connectivity index (χ0) is 13.1. The Kier molecular flexibility index (Phi) is 4.95. The normalized spacial score (nSPS) is 21.2. The van der Waals surface area contributed by atoms with Crippen LogP contribution in [0.4, 0.5) is 0 Å². The summed E-state index contributed by atoms with van der Waals surface area (Å²) in [5.74, 6) is 0.0588. The van der Waals surface area contributed by atoms with Gasteiger partial charge in [0.2, 0.25) is 5.91 Å². The summed E-state index contributed by atoms with van der Waals surface area (Å²) in [5, 5.41) is 3.33. The minimum atomic E-state index is -0.669. The van der Waals surface area contributed by atoms with Crippen LogP contribution in [0.2, 0.25) is 0 Å². The summed E-state index contributed by atoms with van der Waals surface area (Å²) in [7, 11) is 0. The van der Waals surface area contributed by atoms with E-state index >= 15 is 0 Å². The number of carbonyl (C=O) groups excluding carboxylic acids is 1. The Morgan fingerprint density at radius 3 is 2.41 bits per heavy atom. The molecule has 0 spiro atoms. The Morgan fingerprint density at radius 1 is 1.47 bits per heavy atom. The highest BCUT2D eigenvalue weighted by molar-refractivity contribution is 5.85. The molecule has 0 radical (unpaired) electrons. The Balaban J connectivity index is 2.72. The van der Waals surface area contributed by atoms with E-state index in [2.05, 4.69) is 12.2 Å². The van der Waals surface area contributed by atoms with Crippen LogP contribution in [0.1, 0.15) is 47.0 Å². The molecule has 0 bridgehead atoms. The topological polar surface area (TPSA) is 64.3 Å². The van der Waals surface area contributed by atoms with E-state index < -0.39 is 5.54 Å². The van der Waals surface area contributed by atoms with Crippen molar-refractivity contribution in [3.05, 3.63) is 0 Å². The van der Waals surface area contributed by atoms with E-state index in [1.54, 1.807) is 0 Å². The molecule has 100 valence electrons. The van der Waals surface area contributed by atoms with Crippen LogP contribution in [0, 0.1) is 5.92 Å². The lowest BCUT2D eigenvalue weighted by Gasteiger charge is -2.34. The van der Waals surface area contributed by atoms with Gasteiger partial charge in [0.1, 0.15) is 5.54 Å². The average Bonchev–Trinajstić information content (AvgIpc) is 3.06. The second kappa shape index (κ2) is 5.83. The number of nitrogens with one attached hydrogen (secondary N) is 1. The highest BCUT2D eigenvalue weighted by Crippen LogP contribution is 2.40. The van der Waals surface area contributed by atoms with Crippen molar-refractivity contribution >= 4 is 5.91 Å². The average molecular weight is 242 g/mol. The summed E-state index contributed by atoms with van der Waals surface area (Å²) in [4.78, 5) is 11.8. The summed E-state index contributed by atoms with van der Waals surface area (Å²) >= 11 is 0. The maximum atomic E-state index is 11.8. The highest BCUT2D eigenvalue weighted by Gasteiger charge is 2.50. The molecule has 1 fully saturated rings. The minimum Gasteiger partial charge on any atom is -0.376 e. The summed E-state index contributed by atoms with van der Waals surface area (Å²) in [5.41, 5.74) is 4.94. The smallest absolute Gasteiger partial charge is 0.240 e. The number of hydrogen-bond donors (Lipinski definition) is 2. The maximum absolute atomic E-state index is 11.8. The summed E-state index contributed by atoms with van der Waals surface area (Å²) in [6.07, 6.45) is 3.24. The van der Waals surface area contributed by atoms with Gasteiger partial charge < -0.3 is 10.5 Å². The molecule has 1 amide bonds. The molecule has 0 aromatic heterocycles. The predicted molar refractivity (Wildman–Crippen MR) is 68.6 cm³/mol. The fraction of sp³-hybridized carbons (Fsp3) is 0.923. The highest BCUT2D eigenvalue weighted by atomic mass is 16.5. The van der Waals surface area contributed by atoms with Crippen molar-refractivity contribution in [3.8, 4) is 0 Å². The van der Waals surface area contributed by atoms with Crippen molar-refractivity contribution in [2.45, 2.75) is 64.6 Å². The molecule has 3 N–H and O–H groups in total. The van der Waals surface area contributed by atoms with E-state index in [0.717, 1.165) is 19.3 Å². The third kappa shape index (κ3) is 3.68. The molecule has 1 aliphatic rings. The van der Waals surface area contributed by atoms with Crippen LogP contribution in [-0.2, 0) is 9.53 Å². The number of carbonyl (C=O) groups is 1. The molecule has 0 heterocycles. The quantitative estimate of drug-likeness (QED) is 0.677. The van der Waals surface area contributed by atoms with Gasteiger partial charge in [-0.25, -0.2) is 0 Å². The molecule has 1 saturated carbocycles. The first kappa shape index (κ1) is 14.5. The third-order valence-corrected chi connectivity index (χ3v) is 3.43. The van der Waals surface area contributed by atoms with Gasteiger partial charge in [-0.15, -0.1) is 0 Å². The zero-order valence-corrected chi connectivity index (χ0v) is 11.5. The van der Waals surface area contributed by atoms with Crippen LogP contribution in [0.25, 0.3) is 0 Å². The first-order valence-corrected chi connectivity index (χ1v) is 6.61. The number of hydrogen-bond acceptors (Lipinski definition) is 3. The van der Waals surface area contributed by atoms with Gasteiger partial charge in [0, 0.05) is 6.04 Å². The zero-order valence-electron chi connectivity index (χ0n) is 11.5. The van der Waals surface area contributed by atoms with Gasteiger partial charge >= 0.3 is 0 Å². The lowest BCUT2D eigenvalue weighted by Crippen LogP contribution is -2.62. The third-order valence-electron chi connectivity index (χ3n) is 3.43. The van der Waals surface area contributed by atoms with Crippen LogP contribution < -0.4 is 11.1 Å². The fourth-order valence-corrected chi connectivity index (χ4v) is 2.10. The van der Waals surface area contributed by atoms with Crippen molar-refractivity contribution in [2.24, 2.45) is 11.7 Å². The van der Waals surface area contributed by atoms with Crippen LogP contribution in [0.5, 0.6) is 0 Å². The van der Waals surface area contributed by atoms with Crippen molar-refractivity contribution < 1.29 is 9.53 Å². The molecule has 0 aliphatic heterocycles. The van der Waals surface area contributed by atoms with Crippen molar-refractivity contribution in [1.82, 2.24) is 5.32 Å². The largest absolute Gasteiger partial charge is 0.376 e. The Morgan fingerprint density at radius 2 is 2.06 bits per heavy atom. The van der Waals surface area contributed by atoms with E-state index in [-0.39, 0.29) is 18.1 Å². The van der Waals surface area contributed by atoms with Gasteiger partial charge in [0.05, 0.1) is 12.7 Å². The molecule has 0 aromatic rings. The standard InChI is InChI=1S/C13H26N2O2/c1-5-10(4)17-8-13(12(14)16,11-6-7-11)15-9(2)3/h9-11,15H,5-8H2,1-4H3,(H2,14,16). The van der Waals surface area contributed by atoms with E-state index in [1.165, 1.54) is 0 Å². The van der Waals surface area contributed by atoms with Crippen molar-refractivity contribution in [1.29, 1.82) is 0 Å². The number of primary amides is 1.